The fourth-order valence-corrected chi connectivity index (χ4v) is 7.18. The molecular formula is C31H38N4O3. The summed E-state index contributed by atoms with van der Waals surface area (Å²) in [6.07, 6.45) is 7.02. The Morgan fingerprint density at radius 2 is 1.84 bits per heavy atom. The molecule has 0 bridgehead atoms. The van der Waals surface area contributed by atoms with Crippen LogP contribution < -0.4 is 5.32 Å². The van der Waals surface area contributed by atoms with Gasteiger partial charge < -0.3 is 24.8 Å². The van der Waals surface area contributed by atoms with Crippen molar-refractivity contribution >= 4 is 22.9 Å². The summed E-state index contributed by atoms with van der Waals surface area (Å²) in [7, 11) is 4.02. The van der Waals surface area contributed by atoms with E-state index < -0.39 is 5.97 Å². The summed E-state index contributed by atoms with van der Waals surface area (Å²) < 4.78 is 2.41. The number of carbonyl (C=O) groups is 2. The van der Waals surface area contributed by atoms with Crippen LogP contribution >= 0.6 is 0 Å². The van der Waals surface area contributed by atoms with Gasteiger partial charge in [0.05, 0.1) is 17.3 Å². The number of aromatic nitrogens is 1. The molecule has 2 fully saturated rings. The highest BCUT2D eigenvalue weighted by Gasteiger charge is 2.43. The molecule has 2 atom stereocenters. The number of amides is 2. The van der Waals surface area contributed by atoms with E-state index in [2.05, 4.69) is 39.0 Å². The summed E-state index contributed by atoms with van der Waals surface area (Å²) in [6.45, 7) is 2.93. The van der Waals surface area contributed by atoms with Crippen LogP contribution in [0.5, 0.6) is 0 Å². The maximum atomic E-state index is 13.4. The van der Waals surface area contributed by atoms with Crippen molar-refractivity contribution < 1.29 is 14.7 Å². The van der Waals surface area contributed by atoms with E-state index in [1.807, 2.05) is 31.1 Å². The van der Waals surface area contributed by atoms with Crippen molar-refractivity contribution in [2.45, 2.75) is 57.0 Å². The van der Waals surface area contributed by atoms with Crippen LogP contribution in [0.15, 0.2) is 42.5 Å². The van der Waals surface area contributed by atoms with Gasteiger partial charge in [0.25, 0.3) is 0 Å². The second-order valence-corrected chi connectivity index (χ2v) is 11.6. The molecule has 0 spiro atoms. The number of likely N-dealkylation sites (N-methyl/N-ethyl adjacent to an activating group) is 1. The zero-order chi connectivity index (χ0) is 26.4. The predicted octanol–water partition coefficient (Wildman–Crippen LogP) is 5.70. The lowest BCUT2D eigenvalue weighted by Crippen LogP contribution is -2.42. The van der Waals surface area contributed by atoms with Crippen LogP contribution in [0.1, 0.15) is 72.0 Å². The third-order valence-electron chi connectivity index (χ3n) is 8.93. The van der Waals surface area contributed by atoms with Crippen molar-refractivity contribution in [3.05, 3.63) is 59.2 Å². The van der Waals surface area contributed by atoms with E-state index in [0.29, 0.717) is 18.0 Å². The Hall–Kier alpha value is -3.32. The molecule has 6 rings (SSSR count). The summed E-state index contributed by atoms with van der Waals surface area (Å²) in [5.74, 6) is -0.162. The molecule has 7 heteroatoms. The quantitative estimate of drug-likeness (QED) is 0.458. The highest BCUT2D eigenvalue weighted by molar-refractivity contribution is 5.98. The third-order valence-corrected chi connectivity index (χ3v) is 8.93. The molecule has 0 radical (unpaired) electrons. The van der Waals surface area contributed by atoms with E-state index >= 15 is 0 Å². The number of likely N-dealkylation sites (tertiary alicyclic amines) is 1. The van der Waals surface area contributed by atoms with Crippen molar-refractivity contribution in [1.29, 1.82) is 0 Å². The van der Waals surface area contributed by atoms with Crippen LogP contribution in [0.4, 0.5) is 4.79 Å². The van der Waals surface area contributed by atoms with E-state index in [4.69, 9.17) is 0 Å². The van der Waals surface area contributed by atoms with Gasteiger partial charge in [-0.25, -0.2) is 9.59 Å². The molecule has 1 saturated carbocycles. The first-order valence-electron chi connectivity index (χ1n) is 14.1. The van der Waals surface area contributed by atoms with Gasteiger partial charge >= 0.3 is 12.0 Å². The average Bonchev–Trinajstić information content (AvgIpc) is 3.44. The van der Waals surface area contributed by atoms with Gasteiger partial charge in [0.1, 0.15) is 0 Å². The summed E-state index contributed by atoms with van der Waals surface area (Å²) in [5.41, 5.74) is 6.38. The standard InChI is InChI=1S/C31H38N4O3/c1-33(2)17-15-32-31(38)34-16-14-22-19-35-26-18-21(30(36)37)12-13-25(26)27(20-8-4-3-5-9-20)29(35)24-11-7-6-10-23(24)28(22)34/h6-7,10-13,18,20,22,28H,3-5,8-9,14-17,19H2,1-2H3,(H,32,38)(H,36,37)/t22?,28-/m1/s1. The molecule has 3 heterocycles. The summed E-state index contributed by atoms with van der Waals surface area (Å²) in [4.78, 5) is 29.5. The number of hydrogen-bond acceptors (Lipinski definition) is 3. The van der Waals surface area contributed by atoms with E-state index in [-0.39, 0.29) is 18.0 Å². The number of benzene rings is 2. The first-order valence-corrected chi connectivity index (χ1v) is 14.1. The number of carboxylic acids is 1. The maximum absolute atomic E-state index is 13.4. The first kappa shape index (κ1) is 25.0. The highest BCUT2D eigenvalue weighted by atomic mass is 16.4. The SMILES string of the molecule is CN(C)CCNC(=O)N1CCC2Cn3c(c(C4CCCCC4)c4ccc(C(=O)O)cc43)-c3ccccc3[C@@H]21. The largest absolute Gasteiger partial charge is 0.478 e. The van der Waals surface area contributed by atoms with Crippen molar-refractivity contribution in [3.63, 3.8) is 0 Å². The number of carboxylic acid groups (broad SMARTS) is 1. The minimum atomic E-state index is -0.894. The van der Waals surface area contributed by atoms with Gasteiger partial charge in [0, 0.05) is 48.6 Å². The van der Waals surface area contributed by atoms with Crippen LogP contribution in [0.2, 0.25) is 0 Å². The molecule has 1 aromatic heterocycles. The monoisotopic (exact) mass is 514 g/mol. The first-order chi connectivity index (χ1) is 18.4. The fourth-order valence-electron chi connectivity index (χ4n) is 7.18. The van der Waals surface area contributed by atoms with Gasteiger partial charge in [0.2, 0.25) is 0 Å². The highest BCUT2D eigenvalue weighted by Crippen LogP contribution is 2.51. The maximum Gasteiger partial charge on any atom is 0.335 e. The van der Waals surface area contributed by atoms with Gasteiger partial charge in [-0.05, 0) is 62.5 Å². The molecule has 2 aromatic carbocycles. The Morgan fingerprint density at radius 1 is 1.05 bits per heavy atom. The van der Waals surface area contributed by atoms with Gasteiger partial charge in [-0.15, -0.1) is 0 Å². The summed E-state index contributed by atoms with van der Waals surface area (Å²) >= 11 is 0. The molecule has 38 heavy (non-hydrogen) atoms. The number of nitrogens with zero attached hydrogens (tertiary/aromatic N) is 3. The Kier molecular flexibility index (Phi) is 6.64. The van der Waals surface area contributed by atoms with E-state index in [1.54, 1.807) is 6.07 Å². The molecular weight excluding hydrogens is 476 g/mol. The van der Waals surface area contributed by atoms with Crippen LogP contribution in [0, 0.1) is 5.92 Å². The molecule has 3 aromatic rings. The van der Waals surface area contributed by atoms with Gasteiger partial charge in [-0.1, -0.05) is 49.6 Å². The van der Waals surface area contributed by atoms with E-state index in [9.17, 15) is 14.7 Å². The van der Waals surface area contributed by atoms with Crippen molar-refractivity contribution in [1.82, 2.24) is 19.7 Å². The molecule has 2 N–H and O–H groups in total. The lowest BCUT2D eigenvalue weighted by atomic mass is 9.81. The van der Waals surface area contributed by atoms with E-state index in [0.717, 1.165) is 31.6 Å². The minimum Gasteiger partial charge on any atom is -0.478 e. The van der Waals surface area contributed by atoms with Gasteiger partial charge in [-0.2, -0.15) is 0 Å². The van der Waals surface area contributed by atoms with Gasteiger partial charge in [0.15, 0.2) is 0 Å². The molecule has 2 aliphatic heterocycles. The second-order valence-electron chi connectivity index (χ2n) is 11.6. The fraction of sp³-hybridized carbons (Fsp3) is 0.484. The molecule has 200 valence electrons. The Bertz CT molecular complexity index is 1370. The molecule has 3 aliphatic rings. The molecule has 1 unspecified atom stereocenters. The Balaban J connectivity index is 1.50. The Morgan fingerprint density at radius 3 is 2.61 bits per heavy atom. The third kappa shape index (κ3) is 4.27. The zero-order valence-corrected chi connectivity index (χ0v) is 22.4. The van der Waals surface area contributed by atoms with Crippen molar-refractivity contribution in [3.8, 4) is 11.3 Å². The average molecular weight is 515 g/mol. The van der Waals surface area contributed by atoms with Crippen LogP contribution in [0.3, 0.4) is 0 Å². The minimum absolute atomic E-state index is 0.00219. The molecule has 2 amide bonds. The summed E-state index contributed by atoms with van der Waals surface area (Å²) in [5, 5.41) is 14.1. The summed E-state index contributed by atoms with van der Waals surface area (Å²) in [6, 6.07) is 14.3. The van der Waals surface area contributed by atoms with Gasteiger partial charge in [-0.3, -0.25) is 0 Å². The normalized spacial score (nSPS) is 21.2. The number of nitrogens with one attached hydrogen (secondary N) is 1. The second kappa shape index (κ2) is 10.1. The molecule has 1 aliphatic carbocycles. The number of aromatic carboxylic acids is 1. The number of rotatable bonds is 5. The number of fused-ring (bicyclic) bond motifs is 7. The Labute approximate surface area is 224 Å². The van der Waals surface area contributed by atoms with E-state index in [1.165, 1.54) is 59.9 Å². The van der Waals surface area contributed by atoms with Crippen LogP contribution in [0.25, 0.3) is 22.2 Å². The smallest absolute Gasteiger partial charge is 0.335 e. The van der Waals surface area contributed by atoms with Crippen LogP contribution in [-0.2, 0) is 6.54 Å². The van der Waals surface area contributed by atoms with Crippen molar-refractivity contribution in [2.75, 3.05) is 33.7 Å². The predicted molar refractivity (Wildman–Crippen MR) is 150 cm³/mol. The molecule has 7 nitrogen and oxygen atoms in total. The number of carbonyl (C=O) groups excluding carboxylic acids is 1. The van der Waals surface area contributed by atoms with Crippen LogP contribution in [-0.4, -0.2) is 65.2 Å². The molecule has 1 saturated heterocycles. The zero-order valence-electron chi connectivity index (χ0n) is 22.4. The van der Waals surface area contributed by atoms with Crippen molar-refractivity contribution in [2.24, 2.45) is 5.92 Å². The lowest BCUT2D eigenvalue weighted by molar-refractivity contribution is 0.0697. The topological polar surface area (TPSA) is 77.8 Å². The number of urea groups is 1. The lowest BCUT2D eigenvalue weighted by Gasteiger charge is -2.29. The number of hydrogen-bond donors (Lipinski definition) is 2.